The highest BCUT2D eigenvalue weighted by Gasteiger charge is 2.27. The molecule has 0 bridgehead atoms. The smallest absolute Gasteiger partial charge is 0.287 e. The van der Waals surface area contributed by atoms with Gasteiger partial charge in [0, 0.05) is 13.5 Å². The average molecular weight is 379 g/mol. The largest absolute Gasteiger partial charge is 0.489 e. The molecule has 1 heterocycles. The molecule has 1 atom stereocenters. The molecule has 28 heavy (non-hydrogen) atoms. The van der Waals surface area contributed by atoms with Gasteiger partial charge in [0.2, 0.25) is 0 Å². The van der Waals surface area contributed by atoms with Crippen molar-refractivity contribution in [2.75, 3.05) is 19.0 Å². The van der Waals surface area contributed by atoms with Gasteiger partial charge in [-0.15, -0.1) is 0 Å². The molecule has 1 aliphatic rings. The first-order chi connectivity index (χ1) is 13.6. The average Bonchev–Trinajstić information content (AvgIpc) is 2.86. The Labute approximate surface area is 163 Å². The number of hydrogen-bond donors (Lipinski definition) is 2. The second-order valence-electron chi connectivity index (χ2n) is 6.13. The molecule has 1 aliphatic heterocycles. The van der Waals surface area contributed by atoms with E-state index in [-0.39, 0.29) is 18.3 Å². The molecule has 2 N–H and O–H groups in total. The maximum Gasteiger partial charge on any atom is 0.287 e. The molecule has 7 heteroatoms. The van der Waals surface area contributed by atoms with Gasteiger partial charge in [0.05, 0.1) is 5.69 Å². The summed E-state index contributed by atoms with van der Waals surface area (Å²) in [7, 11) is 1.58. The predicted molar refractivity (Wildman–Crippen MR) is 106 cm³/mol. The van der Waals surface area contributed by atoms with Crippen molar-refractivity contribution >= 4 is 23.4 Å². The van der Waals surface area contributed by atoms with E-state index < -0.39 is 11.9 Å². The van der Waals surface area contributed by atoms with E-state index in [2.05, 4.69) is 22.2 Å². The highest BCUT2D eigenvalue weighted by Crippen LogP contribution is 2.26. The van der Waals surface area contributed by atoms with Crippen LogP contribution in [0.5, 0.6) is 5.75 Å². The van der Waals surface area contributed by atoms with Gasteiger partial charge in [-0.3, -0.25) is 14.6 Å². The lowest BCUT2D eigenvalue weighted by molar-refractivity contribution is -0.126. The number of fused-ring (bicyclic) bond motifs is 1. The third kappa shape index (κ3) is 4.76. The number of nitrogens with zero attached hydrogens (tertiary/aromatic N) is 1. The van der Waals surface area contributed by atoms with E-state index in [4.69, 9.17) is 9.47 Å². The molecule has 2 amide bonds. The Morgan fingerprint density at radius 2 is 1.96 bits per heavy atom. The number of hydrogen-bond acceptors (Lipinski definition) is 5. The minimum absolute atomic E-state index is 0.000601. The summed E-state index contributed by atoms with van der Waals surface area (Å²) in [4.78, 5) is 28.8. The molecule has 0 spiro atoms. The SMILES string of the molecule is C=C(O/C(Cc1ccccc1)=N\C)C(=O)N[C@H]1COc2ccccc2NC1=O. The van der Waals surface area contributed by atoms with Gasteiger partial charge in [-0.05, 0) is 17.7 Å². The lowest BCUT2D eigenvalue weighted by Gasteiger charge is -2.16. The maximum absolute atomic E-state index is 12.4. The summed E-state index contributed by atoms with van der Waals surface area (Å²) >= 11 is 0. The van der Waals surface area contributed by atoms with Gasteiger partial charge in [0.15, 0.2) is 11.7 Å². The van der Waals surface area contributed by atoms with Crippen molar-refractivity contribution in [1.29, 1.82) is 0 Å². The fraction of sp³-hybridized carbons (Fsp3) is 0.190. The summed E-state index contributed by atoms with van der Waals surface area (Å²) in [5.74, 6) is -0.235. The van der Waals surface area contributed by atoms with E-state index in [1.54, 1.807) is 31.3 Å². The monoisotopic (exact) mass is 379 g/mol. The van der Waals surface area contributed by atoms with Crippen LogP contribution in [0.1, 0.15) is 5.56 Å². The molecule has 0 aromatic heterocycles. The van der Waals surface area contributed by atoms with E-state index in [1.807, 2.05) is 30.3 Å². The van der Waals surface area contributed by atoms with Gasteiger partial charge in [-0.25, -0.2) is 0 Å². The van der Waals surface area contributed by atoms with Crippen molar-refractivity contribution in [3.8, 4) is 5.75 Å². The number of rotatable bonds is 5. The first kappa shape index (κ1) is 19.2. The standard InChI is InChI=1S/C21H21N3O4/c1-14(28-19(22-2)12-15-8-4-3-5-9-15)20(25)24-17-13-27-18-11-7-6-10-16(18)23-21(17)26/h3-11,17H,1,12-13H2,2H3,(H,23,26)(H,24,25)/b22-19-/t17-/m0/s1. The number of para-hydroxylation sites is 2. The third-order valence-corrected chi connectivity index (χ3v) is 4.11. The Morgan fingerprint density at radius 1 is 1.25 bits per heavy atom. The molecule has 2 aromatic carbocycles. The fourth-order valence-corrected chi connectivity index (χ4v) is 2.63. The summed E-state index contributed by atoms with van der Waals surface area (Å²) < 4.78 is 11.1. The Hall–Kier alpha value is -3.61. The minimum Gasteiger partial charge on any atom is -0.489 e. The van der Waals surface area contributed by atoms with Crippen molar-refractivity contribution in [2.24, 2.45) is 4.99 Å². The fourth-order valence-electron chi connectivity index (χ4n) is 2.63. The van der Waals surface area contributed by atoms with Crippen LogP contribution in [-0.2, 0) is 20.7 Å². The number of carbonyl (C=O) groups excluding carboxylic acids is 2. The van der Waals surface area contributed by atoms with E-state index in [0.717, 1.165) is 5.56 Å². The van der Waals surface area contributed by atoms with Crippen molar-refractivity contribution in [3.05, 3.63) is 72.5 Å². The third-order valence-electron chi connectivity index (χ3n) is 4.11. The van der Waals surface area contributed by atoms with Crippen molar-refractivity contribution in [1.82, 2.24) is 5.32 Å². The predicted octanol–water partition coefficient (Wildman–Crippen LogP) is 2.30. The number of ether oxygens (including phenoxy) is 2. The van der Waals surface area contributed by atoms with Crippen LogP contribution in [-0.4, -0.2) is 37.4 Å². The topological polar surface area (TPSA) is 89.0 Å². The second-order valence-corrected chi connectivity index (χ2v) is 6.13. The first-order valence-electron chi connectivity index (χ1n) is 8.76. The number of benzene rings is 2. The van der Waals surface area contributed by atoms with Gasteiger partial charge >= 0.3 is 0 Å². The van der Waals surface area contributed by atoms with Gasteiger partial charge in [-0.1, -0.05) is 49.0 Å². The van der Waals surface area contributed by atoms with Gasteiger partial charge in [0.25, 0.3) is 11.8 Å². The molecule has 0 fully saturated rings. The van der Waals surface area contributed by atoms with Crippen LogP contribution in [0.3, 0.4) is 0 Å². The zero-order chi connectivity index (χ0) is 19.9. The van der Waals surface area contributed by atoms with Crippen LogP contribution >= 0.6 is 0 Å². The zero-order valence-electron chi connectivity index (χ0n) is 15.5. The molecule has 0 radical (unpaired) electrons. The van der Waals surface area contributed by atoms with Crippen molar-refractivity contribution in [2.45, 2.75) is 12.5 Å². The molecule has 0 saturated heterocycles. The van der Waals surface area contributed by atoms with E-state index >= 15 is 0 Å². The van der Waals surface area contributed by atoms with Crippen LogP contribution in [0, 0.1) is 0 Å². The summed E-state index contributed by atoms with van der Waals surface area (Å²) in [6.07, 6.45) is 0.423. The second kappa shape index (κ2) is 8.85. The van der Waals surface area contributed by atoms with Gasteiger partial charge < -0.3 is 20.1 Å². The molecule has 2 aromatic rings. The Kier molecular flexibility index (Phi) is 6.06. The Morgan fingerprint density at radius 3 is 2.71 bits per heavy atom. The molecule has 144 valence electrons. The summed E-state index contributed by atoms with van der Waals surface area (Å²) in [5, 5.41) is 5.31. The highest BCUT2D eigenvalue weighted by molar-refractivity contribution is 6.02. The van der Waals surface area contributed by atoms with Crippen LogP contribution in [0.2, 0.25) is 0 Å². The van der Waals surface area contributed by atoms with Crippen LogP contribution in [0.15, 0.2) is 71.9 Å². The number of amides is 2. The summed E-state index contributed by atoms with van der Waals surface area (Å²) in [6.45, 7) is 3.65. The quantitative estimate of drug-likeness (QED) is 0.361. The summed E-state index contributed by atoms with van der Waals surface area (Å²) in [5.41, 5.74) is 1.55. The normalized spacial score (nSPS) is 16.1. The molecular weight excluding hydrogens is 358 g/mol. The van der Waals surface area contributed by atoms with Crippen LogP contribution < -0.4 is 15.4 Å². The molecule has 7 nitrogen and oxygen atoms in total. The highest BCUT2D eigenvalue weighted by atomic mass is 16.5. The number of carbonyl (C=O) groups is 2. The van der Waals surface area contributed by atoms with Crippen LogP contribution in [0.4, 0.5) is 5.69 Å². The van der Waals surface area contributed by atoms with E-state index in [1.165, 1.54) is 0 Å². The number of anilines is 1. The summed E-state index contributed by atoms with van der Waals surface area (Å²) in [6, 6.07) is 15.8. The molecule has 0 unspecified atom stereocenters. The number of nitrogens with one attached hydrogen (secondary N) is 2. The van der Waals surface area contributed by atoms with Gasteiger partial charge in [-0.2, -0.15) is 0 Å². The number of aliphatic imine (C=N–C) groups is 1. The minimum atomic E-state index is -0.878. The Balaban J connectivity index is 1.58. The lowest BCUT2D eigenvalue weighted by Crippen LogP contribution is -2.47. The molecular formula is C21H21N3O4. The van der Waals surface area contributed by atoms with Crippen molar-refractivity contribution in [3.63, 3.8) is 0 Å². The molecule has 0 aliphatic carbocycles. The Bertz CT molecular complexity index is 909. The van der Waals surface area contributed by atoms with Crippen LogP contribution in [0.25, 0.3) is 0 Å². The van der Waals surface area contributed by atoms with Gasteiger partial charge in [0.1, 0.15) is 18.4 Å². The molecule has 0 saturated carbocycles. The maximum atomic E-state index is 12.4. The van der Waals surface area contributed by atoms with E-state index in [0.29, 0.717) is 23.8 Å². The molecule has 3 rings (SSSR count). The van der Waals surface area contributed by atoms with E-state index in [9.17, 15) is 9.59 Å². The lowest BCUT2D eigenvalue weighted by atomic mass is 10.1. The first-order valence-corrected chi connectivity index (χ1v) is 8.76. The van der Waals surface area contributed by atoms with Crippen molar-refractivity contribution < 1.29 is 19.1 Å². The zero-order valence-corrected chi connectivity index (χ0v) is 15.5.